The maximum atomic E-state index is 12.8. The third kappa shape index (κ3) is 3.20. The van der Waals surface area contributed by atoms with E-state index in [0.29, 0.717) is 34.9 Å². The summed E-state index contributed by atoms with van der Waals surface area (Å²) in [6, 6.07) is 13.1. The standard InChI is InChI=1S/C27H30ClN3O2/c1-27(2)20-14-18(17-8-10-30(11-9-17)19-12-16(13-19)15-32)6-7-22(20)31-23-5-3-4-21(28)24(23)25(33)29-26(27)31/h3-7,14,16-17,19,32H,8-13,15H2,1-2H3. The van der Waals surface area contributed by atoms with Crippen LogP contribution < -0.4 is 5.56 Å². The lowest BCUT2D eigenvalue weighted by molar-refractivity contribution is 0.0311. The van der Waals surface area contributed by atoms with Gasteiger partial charge in [0.15, 0.2) is 0 Å². The highest BCUT2D eigenvalue weighted by Gasteiger charge is 2.40. The highest BCUT2D eigenvalue weighted by atomic mass is 35.5. The molecule has 0 unspecified atom stereocenters. The fourth-order valence-corrected chi connectivity index (χ4v) is 6.51. The van der Waals surface area contributed by atoms with Crippen LogP contribution in [-0.2, 0) is 5.41 Å². The predicted octanol–water partition coefficient (Wildman–Crippen LogP) is 4.63. The molecule has 33 heavy (non-hydrogen) atoms. The molecule has 6 rings (SSSR count). The van der Waals surface area contributed by atoms with E-state index in [0.717, 1.165) is 43.0 Å². The molecule has 3 heterocycles. The van der Waals surface area contributed by atoms with Gasteiger partial charge in [0.1, 0.15) is 5.82 Å². The molecule has 2 fully saturated rings. The number of aromatic nitrogens is 2. The van der Waals surface area contributed by atoms with E-state index in [2.05, 4.69) is 46.5 Å². The van der Waals surface area contributed by atoms with Crippen molar-refractivity contribution in [1.29, 1.82) is 0 Å². The second kappa shape index (κ2) is 7.66. The van der Waals surface area contributed by atoms with Crippen LogP contribution >= 0.6 is 11.6 Å². The van der Waals surface area contributed by atoms with Crippen LogP contribution in [0.3, 0.4) is 0 Å². The van der Waals surface area contributed by atoms with Gasteiger partial charge in [-0.1, -0.05) is 29.8 Å². The molecule has 1 aliphatic carbocycles. The van der Waals surface area contributed by atoms with Crippen molar-refractivity contribution in [1.82, 2.24) is 14.5 Å². The Morgan fingerprint density at radius 1 is 1.15 bits per heavy atom. The van der Waals surface area contributed by atoms with Gasteiger partial charge in [-0.2, -0.15) is 4.98 Å². The number of hydrogen-bond acceptors (Lipinski definition) is 4. The van der Waals surface area contributed by atoms with Gasteiger partial charge in [0.2, 0.25) is 0 Å². The second-order valence-electron chi connectivity index (χ2n) is 10.6. The molecule has 1 saturated carbocycles. The normalized spacial score (nSPS) is 24.5. The molecular weight excluding hydrogens is 434 g/mol. The molecule has 3 aliphatic rings. The summed E-state index contributed by atoms with van der Waals surface area (Å²) in [6.45, 7) is 6.92. The lowest BCUT2D eigenvalue weighted by Crippen LogP contribution is -2.48. The van der Waals surface area contributed by atoms with Crippen molar-refractivity contribution in [3.63, 3.8) is 0 Å². The Morgan fingerprint density at radius 2 is 1.91 bits per heavy atom. The van der Waals surface area contributed by atoms with Crippen LogP contribution in [-0.4, -0.2) is 45.3 Å². The zero-order valence-corrected chi connectivity index (χ0v) is 20.0. The molecular formula is C27H30ClN3O2. The summed E-state index contributed by atoms with van der Waals surface area (Å²) >= 11 is 6.38. The molecule has 0 spiro atoms. The summed E-state index contributed by atoms with van der Waals surface area (Å²) in [4.78, 5) is 20.0. The van der Waals surface area contributed by atoms with Crippen molar-refractivity contribution in [2.75, 3.05) is 19.7 Å². The maximum absolute atomic E-state index is 12.8. The number of fused-ring (bicyclic) bond motifs is 5. The van der Waals surface area contributed by atoms with Crippen LogP contribution in [0.25, 0.3) is 16.6 Å². The molecule has 1 saturated heterocycles. The summed E-state index contributed by atoms with van der Waals surface area (Å²) in [5, 5.41) is 10.3. The molecule has 3 aromatic rings. The topological polar surface area (TPSA) is 58.4 Å². The summed E-state index contributed by atoms with van der Waals surface area (Å²) in [5.74, 6) is 1.85. The summed E-state index contributed by atoms with van der Waals surface area (Å²) in [5.41, 5.74) is 3.93. The quantitative estimate of drug-likeness (QED) is 0.615. The molecule has 6 heteroatoms. The van der Waals surface area contributed by atoms with Crippen molar-refractivity contribution >= 4 is 22.5 Å². The van der Waals surface area contributed by atoms with Crippen molar-refractivity contribution in [3.8, 4) is 5.69 Å². The van der Waals surface area contributed by atoms with Crippen LogP contribution in [0.2, 0.25) is 5.02 Å². The summed E-state index contributed by atoms with van der Waals surface area (Å²) < 4.78 is 2.12. The molecule has 2 aromatic carbocycles. The van der Waals surface area contributed by atoms with E-state index >= 15 is 0 Å². The van der Waals surface area contributed by atoms with Gasteiger partial charge in [0.05, 0.1) is 27.0 Å². The van der Waals surface area contributed by atoms with Crippen molar-refractivity contribution < 1.29 is 5.11 Å². The molecule has 2 aliphatic heterocycles. The van der Waals surface area contributed by atoms with E-state index in [4.69, 9.17) is 11.6 Å². The first-order valence-electron chi connectivity index (χ1n) is 12.1. The first kappa shape index (κ1) is 21.3. The number of aliphatic hydroxyl groups excluding tert-OH is 1. The highest BCUT2D eigenvalue weighted by Crippen LogP contribution is 2.45. The molecule has 0 bridgehead atoms. The fraction of sp³-hybridized carbons (Fsp3) is 0.481. The second-order valence-corrected chi connectivity index (χ2v) is 11.0. The number of rotatable bonds is 3. The zero-order chi connectivity index (χ0) is 22.9. The summed E-state index contributed by atoms with van der Waals surface area (Å²) in [7, 11) is 0. The number of aliphatic hydroxyl groups is 1. The lowest BCUT2D eigenvalue weighted by Gasteiger charge is -2.45. The lowest BCUT2D eigenvalue weighted by atomic mass is 9.77. The van der Waals surface area contributed by atoms with Crippen molar-refractivity contribution in [3.05, 3.63) is 68.7 Å². The Hall–Kier alpha value is -2.21. The minimum absolute atomic E-state index is 0.255. The SMILES string of the molecule is CC1(C)c2cc(C3CCN(C4CC(CO)C4)CC3)ccc2-n2c1nc(=O)c1c(Cl)cccc12. The zero-order valence-electron chi connectivity index (χ0n) is 19.2. The number of hydrogen-bond donors (Lipinski definition) is 1. The molecule has 0 amide bonds. The number of nitrogens with zero attached hydrogens (tertiary/aromatic N) is 3. The molecule has 172 valence electrons. The molecule has 1 N–H and O–H groups in total. The smallest absolute Gasteiger partial charge is 0.282 e. The number of piperidine rings is 1. The third-order valence-electron chi connectivity index (χ3n) is 8.35. The van der Waals surface area contributed by atoms with E-state index < -0.39 is 0 Å². The van der Waals surface area contributed by atoms with Crippen LogP contribution in [0.5, 0.6) is 0 Å². The number of likely N-dealkylation sites (tertiary alicyclic amines) is 1. The largest absolute Gasteiger partial charge is 0.396 e. The van der Waals surface area contributed by atoms with E-state index in [1.54, 1.807) is 6.07 Å². The van der Waals surface area contributed by atoms with Gasteiger partial charge >= 0.3 is 0 Å². The average Bonchev–Trinajstić information content (AvgIpc) is 3.00. The average molecular weight is 464 g/mol. The van der Waals surface area contributed by atoms with Crippen LogP contribution in [0.4, 0.5) is 0 Å². The molecule has 5 nitrogen and oxygen atoms in total. The van der Waals surface area contributed by atoms with Gasteiger partial charge in [-0.15, -0.1) is 0 Å². The van der Waals surface area contributed by atoms with Gasteiger partial charge in [0, 0.05) is 12.6 Å². The van der Waals surface area contributed by atoms with E-state index in [1.807, 2.05) is 12.1 Å². The van der Waals surface area contributed by atoms with Gasteiger partial charge in [-0.05, 0) is 93.8 Å². The molecule has 1 aromatic heterocycles. The highest BCUT2D eigenvalue weighted by molar-refractivity contribution is 6.35. The van der Waals surface area contributed by atoms with Gasteiger partial charge in [-0.3, -0.25) is 9.36 Å². The number of halogens is 1. The Balaban J connectivity index is 1.33. The van der Waals surface area contributed by atoms with Gasteiger partial charge in [-0.25, -0.2) is 0 Å². The number of benzene rings is 2. The first-order valence-corrected chi connectivity index (χ1v) is 12.5. The van der Waals surface area contributed by atoms with Crippen LogP contribution in [0.1, 0.15) is 62.4 Å². The van der Waals surface area contributed by atoms with Crippen molar-refractivity contribution in [2.24, 2.45) is 5.92 Å². The maximum Gasteiger partial charge on any atom is 0.282 e. The van der Waals surface area contributed by atoms with Crippen LogP contribution in [0, 0.1) is 5.92 Å². The van der Waals surface area contributed by atoms with Gasteiger partial charge in [0.25, 0.3) is 5.56 Å². The first-order chi connectivity index (χ1) is 15.9. The Labute approximate surface area is 199 Å². The van der Waals surface area contributed by atoms with Gasteiger partial charge < -0.3 is 10.0 Å². The van der Waals surface area contributed by atoms with Crippen molar-refractivity contribution in [2.45, 2.75) is 56.9 Å². The summed E-state index contributed by atoms with van der Waals surface area (Å²) in [6.07, 6.45) is 4.63. The third-order valence-corrected chi connectivity index (χ3v) is 8.66. The van der Waals surface area contributed by atoms with E-state index in [9.17, 15) is 9.90 Å². The Kier molecular flexibility index (Phi) is 4.95. The Morgan fingerprint density at radius 3 is 2.64 bits per heavy atom. The fourth-order valence-electron chi connectivity index (χ4n) is 6.26. The molecule has 0 radical (unpaired) electrons. The van der Waals surface area contributed by atoms with Crippen LogP contribution in [0.15, 0.2) is 41.2 Å². The Bertz CT molecular complexity index is 1300. The predicted molar refractivity (Wildman–Crippen MR) is 132 cm³/mol. The molecule has 0 atom stereocenters. The van der Waals surface area contributed by atoms with E-state index in [-0.39, 0.29) is 11.0 Å². The monoisotopic (exact) mass is 463 g/mol. The van der Waals surface area contributed by atoms with E-state index in [1.165, 1.54) is 24.0 Å². The minimum Gasteiger partial charge on any atom is -0.396 e. The minimum atomic E-state index is -0.354.